The zero-order chi connectivity index (χ0) is 22.9. The van der Waals surface area contributed by atoms with Crippen LogP contribution in [0.2, 0.25) is 0 Å². The number of aromatic hydroxyl groups is 1. The first-order valence-corrected chi connectivity index (χ1v) is 10.2. The minimum atomic E-state index is -0.895. The second-order valence-electron chi connectivity index (χ2n) is 9.76. The fourth-order valence-corrected chi connectivity index (χ4v) is 3.67. The fourth-order valence-electron chi connectivity index (χ4n) is 3.67. The zero-order valence-corrected chi connectivity index (χ0v) is 19.4. The van der Waals surface area contributed by atoms with Crippen LogP contribution in [0.1, 0.15) is 69.7 Å². The predicted molar refractivity (Wildman–Crippen MR) is 120 cm³/mol. The van der Waals surface area contributed by atoms with Crippen LogP contribution in [0.3, 0.4) is 0 Å². The van der Waals surface area contributed by atoms with Crippen LogP contribution in [0.25, 0.3) is 0 Å². The normalized spacial score (nSPS) is 14.2. The molecule has 0 spiro atoms. The molecular weight excluding hydrogens is 378 g/mol. The summed E-state index contributed by atoms with van der Waals surface area (Å²) in [5, 5.41) is 11.1. The summed E-state index contributed by atoms with van der Waals surface area (Å²) in [5.41, 5.74) is 9.19. The second-order valence-corrected chi connectivity index (χ2v) is 9.76. The Bertz CT molecular complexity index is 854. The van der Waals surface area contributed by atoms with E-state index in [4.69, 9.17) is 15.2 Å². The molecule has 0 aliphatic heterocycles. The molecule has 0 bridgehead atoms. The summed E-state index contributed by atoms with van der Waals surface area (Å²) in [4.78, 5) is 12.4. The summed E-state index contributed by atoms with van der Waals surface area (Å²) in [7, 11) is 2.95. The van der Waals surface area contributed by atoms with Gasteiger partial charge in [0, 0.05) is 5.92 Å². The molecule has 0 radical (unpaired) electrons. The van der Waals surface area contributed by atoms with Crippen molar-refractivity contribution < 1.29 is 19.4 Å². The standard InChI is InChI=1S/C25H35NO4/c1-24(2,3)18-13-16(14-19(22(18)27)25(4,5)6)20(21(26)23(28)30-8)15-9-11-17(29-7)12-10-15/h9-14,20-21,27H,26H2,1-8H3/t20-,21-/m0/s1. The average Bonchev–Trinajstić information content (AvgIpc) is 2.67. The van der Waals surface area contributed by atoms with Gasteiger partial charge in [-0.3, -0.25) is 4.79 Å². The highest BCUT2D eigenvalue weighted by Gasteiger charge is 2.33. The maximum atomic E-state index is 12.4. The lowest BCUT2D eigenvalue weighted by Gasteiger charge is -2.31. The monoisotopic (exact) mass is 413 g/mol. The van der Waals surface area contributed by atoms with E-state index in [0.717, 1.165) is 28.0 Å². The van der Waals surface area contributed by atoms with Gasteiger partial charge in [0.05, 0.1) is 14.2 Å². The number of phenols is 1. The summed E-state index contributed by atoms with van der Waals surface area (Å²) in [6, 6.07) is 10.5. The smallest absolute Gasteiger partial charge is 0.323 e. The number of ether oxygens (including phenoxy) is 2. The molecule has 0 saturated carbocycles. The molecule has 2 aromatic rings. The second kappa shape index (κ2) is 8.68. The van der Waals surface area contributed by atoms with Gasteiger partial charge in [0.15, 0.2) is 0 Å². The maximum Gasteiger partial charge on any atom is 0.323 e. The van der Waals surface area contributed by atoms with Crippen molar-refractivity contribution >= 4 is 5.97 Å². The first-order chi connectivity index (χ1) is 13.8. The number of carbonyl (C=O) groups is 1. The predicted octanol–water partition coefficient (Wildman–Crippen LogP) is 4.63. The van der Waals surface area contributed by atoms with E-state index in [1.54, 1.807) is 7.11 Å². The van der Waals surface area contributed by atoms with E-state index in [1.165, 1.54) is 7.11 Å². The van der Waals surface area contributed by atoms with Crippen molar-refractivity contribution in [2.24, 2.45) is 5.73 Å². The van der Waals surface area contributed by atoms with Gasteiger partial charge in [-0.15, -0.1) is 0 Å². The summed E-state index contributed by atoms with van der Waals surface area (Å²) in [6.45, 7) is 12.3. The summed E-state index contributed by atoms with van der Waals surface area (Å²) >= 11 is 0. The first-order valence-electron chi connectivity index (χ1n) is 10.2. The van der Waals surface area contributed by atoms with Crippen LogP contribution in [0.5, 0.6) is 11.5 Å². The molecule has 2 aromatic carbocycles. The van der Waals surface area contributed by atoms with E-state index in [0.29, 0.717) is 5.75 Å². The number of carbonyl (C=O) groups excluding carboxylic acids is 1. The topological polar surface area (TPSA) is 81.8 Å². The van der Waals surface area contributed by atoms with E-state index in [2.05, 4.69) is 41.5 Å². The number of rotatable bonds is 5. The van der Waals surface area contributed by atoms with Crippen molar-refractivity contribution in [3.05, 3.63) is 58.7 Å². The third kappa shape index (κ3) is 4.96. The van der Waals surface area contributed by atoms with Gasteiger partial charge in [0.25, 0.3) is 0 Å². The number of hydrogen-bond acceptors (Lipinski definition) is 5. The zero-order valence-electron chi connectivity index (χ0n) is 19.4. The van der Waals surface area contributed by atoms with Crippen LogP contribution in [-0.4, -0.2) is 31.3 Å². The number of hydrogen-bond donors (Lipinski definition) is 2. The summed E-state index contributed by atoms with van der Waals surface area (Å²) < 4.78 is 10.2. The molecule has 0 unspecified atom stereocenters. The van der Waals surface area contributed by atoms with Gasteiger partial charge in [0.2, 0.25) is 0 Å². The lowest BCUT2D eigenvalue weighted by Crippen LogP contribution is -2.38. The third-order valence-corrected chi connectivity index (χ3v) is 5.41. The largest absolute Gasteiger partial charge is 0.507 e. The molecule has 2 atom stereocenters. The molecule has 0 heterocycles. The van der Waals surface area contributed by atoms with E-state index >= 15 is 0 Å². The van der Waals surface area contributed by atoms with Crippen molar-refractivity contribution in [1.29, 1.82) is 0 Å². The van der Waals surface area contributed by atoms with Gasteiger partial charge >= 0.3 is 5.97 Å². The summed E-state index contributed by atoms with van der Waals surface area (Å²) in [5.74, 6) is 0.0872. The van der Waals surface area contributed by atoms with Gasteiger partial charge in [-0.05, 0) is 45.2 Å². The van der Waals surface area contributed by atoms with E-state index in [1.807, 2.05) is 36.4 Å². The maximum absolute atomic E-state index is 12.4. The molecule has 164 valence electrons. The Hall–Kier alpha value is -2.53. The first kappa shape index (κ1) is 23.7. The number of nitrogens with two attached hydrogens (primary N) is 1. The highest BCUT2D eigenvalue weighted by Crippen LogP contribution is 2.42. The molecule has 0 fully saturated rings. The van der Waals surface area contributed by atoms with E-state index < -0.39 is 17.9 Å². The molecule has 0 saturated heterocycles. The number of benzene rings is 2. The molecule has 5 heteroatoms. The van der Waals surface area contributed by atoms with Crippen LogP contribution in [0, 0.1) is 0 Å². The highest BCUT2D eigenvalue weighted by atomic mass is 16.5. The Labute approximate surface area is 180 Å². The molecule has 5 nitrogen and oxygen atoms in total. The Morgan fingerprint density at radius 2 is 1.37 bits per heavy atom. The molecule has 3 N–H and O–H groups in total. The van der Waals surface area contributed by atoms with Crippen LogP contribution in [-0.2, 0) is 20.4 Å². The van der Waals surface area contributed by atoms with Crippen molar-refractivity contribution in [1.82, 2.24) is 0 Å². The Balaban J connectivity index is 2.80. The van der Waals surface area contributed by atoms with E-state index in [-0.39, 0.29) is 10.8 Å². The molecule has 2 rings (SSSR count). The number of phenolic OH excluding ortho intramolecular Hbond substituents is 1. The average molecular weight is 414 g/mol. The van der Waals surface area contributed by atoms with Crippen molar-refractivity contribution in [3.63, 3.8) is 0 Å². The minimum Gasteiger partial charge on any atom is -0.507 e. The van der Waals surface area contributed by atoms with Gasteiger partial charge in [-0.2, -0.15) is 0 Å². The molecule has 0 amide bonds. The molecule has 0 aliphatic carbocycles. The Morgan fingerprint density at radius 1 is 0.900 bits per heavy atom. The lowest BCUT2D eigenvalue weighted by molar-refractivity contribution is -0.142. The molecule has 0 aromatic heterocycles. The fraction of sp³-hybridized carbons (Fsp3) is 0.480. The van der Waals surface area contributed by atoms with Gasteiger partial charge in [0.1, 0.15) is 17.5 Å². The lowest BCUT2D eigenvalue weighted by atomic mass is 9.75. The van der Waals surface area contributed by atoms with Gasteiger partial charge < -0.3 is 20.3 Å². The van der Waals surface area contributed by atoms with Gasteiger partial charge in [-0.25, -0.2) is 0 Å². The molecular formula is C25H35NO4. The Morgan fingerprint density at radius 3 is 1.73 bits per heavy atom. The molecule has 0 aliphatic rings. The number of methoxy groups -OCH3 is 2. The quantitative estimate of drug-likeness (QED) is 0.699. The van der Waals surface area contributed by atoms with Gasteiger partial charge in [-0.1, -0.05) is 65.8 Å². The summed E-state index contributed by atoms with van der Waals surface area (Å²) in [6.07, 6.45) is 0. The SMILES string of the molecule is COC(=O)[C@@H](N)[C@@H](c1ccc(OC)cc1)c1cc(C(C)(C)C)c(O)c(C(C)(C)C)c1. The van der Waals surface area contributed by atoms with Crippen molar-refractivity contribution in [2.45, 2.75) is 64.3 Å². The minimum absolute atomic E-state index is 0.291. The highest BCUT2D eigenvalue weighted by molar-refractivity contribution is 5.78. The van der Waals surface area contributed by atoms with Crippen LogP contribution >= 0.6 is 0 Å². The molecule has 30 heavy (non-hydrogen) atoms. The van der Waals surface area contributed by atoms with Crippen LogP contribution in [0.4, 0.5) is 0 Å². The van der Waals surface area contributed by atoms with Crippen molar-refractivity contribution in [3.8, 4) is 11.5 Å². The van der Waals surface area contributed by atoms with Crippen LogP contribution in [0.15, 0.2) is 36.4 Å². The number of esters is 1. The third-order valence-electron chi connectivity index (χ3n) is 5.41. The van der Waals surface area contributed by atoms with E-state index in [9.17, 15) is 9.90 Å². The van der Waals surface area contributed by atoms with Crippen molar-refractivity contribution in [2.75, 3.05) is 14.2 Å². The Kier molecular flexibility index (Phi) is 6.87. The van der Waals surface area contributed by atoms with Crippen LogP contribution < -0.4 is 10.5 Å².